The molecule has 0 spiro atoms. The zero-order chi connectivity index (χ0) is 13.4. The third-order valence-electron chi connectivity index (χ3n) is 3.08. The van der Waals surface area contributed by atoms with Gasteiger partial charge in [0.1, 0.15) is 0 Å². The molecule has 0 aliphatic carbocycles. The van der Waals surface area contributed by atoms with Crippen molar-refractivity contribution in [2.75, 3.05) is 13.2 Å². The fourth-order valence-corrected chi connectivity index (χ4v) is 2.05. The summed E-state index contributed by atoms with van der Waals surface area (Å²) in [6, 6.07) is 5.89. The molecule has 0 saturated carbocycles. The molecule has 0 fully saturated rings. The number of rotatable bonds is 7. The molecule has 0 radical (unpaired) electrons. The lowest BCUT2D eigenvalue weighted by Gasteiger charge is -2.10. The molecule has 0 aliphatic rings. The van der Waals surface area contributed by atoms with Crippen molar-refractivity contribution < 1.29 is 9.90 Å². The highest BCUT2D eigenvalue weighted by Crippen LogP contribution is 2.12. The van der Waals surface area contributed by atoms with Crippen molar-refractivity contribution in [3.8, 4) is 0 Å². The minimum Gasteiger partial charge on any atom is -0.396 e. The maximum atomic E-state index is 12.0. The summed E-state index contributed by atoms with van der Waals surface area (Å²) in [6.07, 6.45) is 3.89. The summed E-state index contributed by atoms with van der Waals surface area (Å²) in [5, 5.41) is 11.6. The Balaban J connectivity index is 2.37. The van der Waals surface area contributed by atoms with E-state index in [1.165, 1.54) is 0 Å². The summed E-state index contributed by atoms with van der Waals surface area (Å²) < 4.78 is 0. The molecule has 0 aromatic heterocycles. The van der Waals surface area contributed by atoms with E-state index in [0.29, 0.717) is 6.54 Å². The van der Waals surface area contributed by atoms with Gasteiger partial charge in [0.2, 0.25) is 0 Å². The second-order valence-electron chi connectivity index (χ2n) is 4.66. The number of nitrogens with one attached hydrogen (secondary N) is 1. The molecule has 1 aromatic rings. The zero-order valence-corrected chi connectivity index (χ0v) is 11.3. The van der Waals surface area contributed by atoms with Crippen LogP contribution in [0.1, 0.15) is 47.2 Å². The largest absolute Gasteiger partial charge is 0.396 e. The minimum atomic E-state index is 0.0211. The predicted octanol–water partition coefficient (Wildman–Crippen LogP) is 2.59. The van der Waals surface area contributed by atoms with Crippen LogP contribution in [0.3, 0.4) is 0 Å². The number of amides is 1. The highest BCUT2D eigenvalue weighted by molar-refractivity contribution is 5.96. The van der Waals surface area contributed by atoms with Crippen molar-refractivity contribution >= 4 is 5.91 Å². The lowest BCUT2D eigenvalue weighted by molar-refractivity contribution is 0.0951. The van der Waals surface area contributed by atoms with Crippen molar-refractivity contribution in [1.82, 2.24) is 5.32 Å². The van der Waals surface area contributed by atoms with Gasteiger partial charge in [-0.2, -0.15) is 0 Å². The number of hydrogen-bond acceptors (Lipinski definition) is 2. The second kappa shape index (κ2) is 7.88. The van der Waals surface area contributed by atoms with Gasteiger partial charge in [-0.25, -0.2) is 0 Å². The Hall–Kier alpha value is -1.35. The number of aliphatic hydroxyl groups excluding tert-OH is 1. The van der Waals surface area contributed by atoms with Gasteiger partial charge in [0.15, 0.2) is 0 Å². The van der Waals surface area contributed by atoms with Gasteiger partial charge in [-0.05, 0) is 37.8 Å². The van der Waals surface area contributed by atoms with Crippen LogP contribution < -0.4 is 5.32 Å². The van der Waals surface area contributed by atoms with E-state index in [-0.39, 0.29) is 12.5 Å². The number of aliphatic hydroxyl groups is 1. The Morgan fingerprint density at radius 3 is 2.33 bits per heavy atom. The number of aryl methyl sites for hydroxylation is 2. The maximum absolute atomic E-state index is 12.0. The summed E-state index contributed by atoms with van der Waals surface area (Å²) >= 11 is 0. The number of carbonyl (C=O) groups is 1. The van der Waals surface area contributed by atoms with Crippen molar-refractivity contribution in [1.29, 1.82) is 0 Å². The van der Waals surface area contributed by atoms with Crippen LogP contribution in [0, 0.1) is 13.8 Å². The van der Waals surface area contributed by atoms with Crippen molar-refractivity contribution in [3.63, 3.8) is 0 Å². The Bertz CT molecular complexity index is 368. The summed E-state index contributed by atoms with van der Waals surface area (Å²) in [4.78, 5) is 12.0. The molecular formula is C15H23NO2. The average Bonchev–Trinajstić information content (AvgIpc) is 2.33. The minimum absolute atomic E-state index is 0.0211. The zero-order valence-electron chi connectivity index (χ0n) is 11.3. The molecular weight excluding hydrogens is 226 g/mol. The van der Waals surface area contributed by atoms with Crippen molar-refractivity contribution in [3.05, 3.63) is 34.9 Å². The van der Waals surface area contributed by atoms with Gasteiger partial charge in [-0.1, -0.05) is 31.0 Å². The molecule has 0 atom stereocenters. The van der Waals surface area contributed by atoms with Gasteiger partial charge >= 0.3 is 0 Å². The van der Waals surface area contributed by atoms with Gasteiger partial charge in [0.25, 0.3) is 5.91 Å². The molecule has 100 valence electrons. The van der Waals surface area contributed by atoms with Crippen LogP contribution in [0.15, 0.2) is 18.2 Å². The standard InChI is InChI=1S/C15H23NO2/c1-12-8-7-9-13(2)14(12)15(18)16-10-5-3-4-6-11-17/h7-9,17H,3-6,10-11H2,1-2H3,(H,16,18). The Morgan fingerprint density at radius 2 is 1.72 bits per heavy atom. The first-order valence-corrected chi connectivity index (χ1v) is 6.62. The Labute approximate surface area is 109 Å². The third-order valence-corrected chi connectivity index (χ3v) is 3.08. The summed E-state index contributed by atoms with van der Waals surface area (Å²) in [6.45, 7) is 4.89. The van der Waals surface area contributed by atoms with Crippen LogP contribution in [-0.4, -0.2) is 24.2 Å². The topological polar surface area (TPSA) is 49.3 Å². The van der Waals surface area contributed by atoms with E-state index < -0.39 is 0 Å². The molecule has 0 aliphatic heterocycles. The van der Waals surface area contributed by atoms with Crippen molar-refractivity contribution in [2.45, 2.75) is 39.5 Å². The number of unbranched alkanes of at least 4 members (excludes halogenated alkanes) is 3. The number of carbonyl (C=O) groups excluding carboxylic acids is 1. The third kappa shape index (κ3) is 4.49. The molecule has 0 heterocycles. The van der Waals surface area contributed by atoms with Gasteiger partial charge in [0.05, 0.1) is 0 Å². The first kappa shape index (κ1) is 14.7. The van der Waals surface area contributed by atoms with E-state index in [1.54, 1.807) is 0 Å². The molecule has 0 bridgehead atoms. The molecule has 0 unspecified atom stereocenters. The highest BCUT2D eigenvalue weighted by Gasteiger charge is 2.10. The first-order chi connectivity index (χ1) is 8.66. The quantitative estimate of drug-likeness (QED) is 0.730. The summed E-state index contributed by atoms with van der Waals surface area (Å²) in [7, 11) is 0. The van der Waals surface area contributed by atoms with Crippen LogP contribution in [0.4, 0.5) is 0 Å². The molecule has 1 amide bonds. The fourth-order valence-electron chi connectivity index (χ4n) is 2.05. The van der Waals surface area contributed by atoms with E-state index in [9.17, 15) is 4.79 Å². The molecule has 0 saturated heterocycles. The van der Waals surface area contributed by atoms with E-state index in [1.807, 2.05) is 32.0 Å². The second-order valence-corrected chi connectivity index (χ2v) is 4.66. The Kier molecular flexibility index (Phi) is 6.44. The van der Waals surface area contributed by atoms with Crippen LogP contribution >= 0.6 is 0 Å². The summed E-state index contributed by atoms with van der Waals surface area (Å²) in [5.74, 6) is 0.0211. The normalized spacial score (nSPS) is 10.4. The van der Waals surface area contributed by atoms with E-state index in [2.05, 4.69) is 5.32 Å². The molecule has 3 heteroatoms. The van der Waals surface area contributed by atoms with Gasteiger partial charge in [-0.15, -0.1) is 0 Å². The number of benzene rings is 1. The van der Waals surface area contributed by atoms with Crippen LogP contribution in [0.2, 0.25) is 0 Å². The van der Waals surface area contributed by atoms with Crippen LogP contribution in [0.25, 0.3) is 0 Å². The van der Waals surface area contributed by atoms with E-state index in [4.69, 9.17) is 5.11 Å². The fraction of sp³-hybridized carbons (Fsp3) is 0.533. The highest BCUT2D eigenvalue weighted by atomic mass is 16.2. The van der Waals surface area contributed by atoms with Gasteiger partial charge in [0, 0.05) is 18.7 Å². The average molecular weight is 249 g/mol. The van der Waals surface area contributed by atoms with Gasteiger partial charge < -0.3 is 10.4 Å². The lowest BCUT2D eigenvalue weighted by atomic mass is 10.0. The SMILES string of the molecule is Cc1cccc(C)c1C(=O)NCCCCCCO. The smallest absolute Gasteiger partial charge is 0.251 e. The summed E-state index contributed by atoms with van der Waals surface area (Å²) in [5.41, 5.74) is 2.84. The molecule has 1 rings (SSSR count). The monoisotopic (exact) mass is 249 g/mol. The molecule has 2 N–H and O–H groups in total. The molecule has 18 heavy (non-hydrogen) atoms. The first-order valence-electron chi connectivity index (χ1n) is 6.62. The maximum Gasteiger partial charge on any atom is 0.251 e. The van der Waals surface area contributed by atoms with Crippen LogP contribution in [0.5, 0.6) is 0 Å². The van der Waals surface area contributed by atoms with Gasteiger partial charge in [-0.3, -0.25) is 4.79 Å². The van der Waals surface area contributed by atoms with E-state index in [0.717, 1.165) is 42.4 Å². The predicted molar refractivity (Wildman–Crippen MR) is 73.8 cm³/mol. The Morgan fingerprint density at radius 1 is 1.11 bits per heavy atom. The van der Waals surface area contributed by atoms with E-state index >= 15 is 0 Å². The lowest BCUT2D eigenvalue weighted by Crippen LogP contribution is -2.26. The number of hydrogen-bond donors (Lipinski definition) is 2. The molecule has 1 aromatic carbocycles. The van der Waals surface area contributed by atoms with Crippen LogP contribution in [-0.2, 0) is 0 Å². The van der Waals surface area contributed by atoms with Crippen molar-refractivity contribution in [2.24, 2.45) is 0 Å². The molecule has 3 nitrogen and oxygen atoms in total.